The minimum absolute atomic E-state index is 0.181. The van der Waals surface area contributed by atoms with E-state index in [1.807, 2.05) is 6.07 Å². The van der Waals surface area contributed by atoms with Crippen LogP contribution in [-0.2, 0) is 13.4 Å². The van der Waals surface area contributed by atoms with Crippen molar-refractivity contribution in [3.63, 3.8) is 0 Å². The zero-order valence-electron chi connectivity index (χ0n) is 11.3. The van der Waals surface area contributed by atoms with Crippen LogP contribution in [0.4, 0.5) is 0 Å². The van der Waals surface area contributed by atoms with Gasteiger partial charge in [-0.05, 0) is 6.07 Å². The summed E-state index contributed by atoms with van der Waals surface area (Å²) < 4.78 is 0. The normalized spacial score (nSPS) is 9.06. The third kappa shape index (κ3) is 5.54. The Labute approximate surface area is 124 Å². The molecule has 5 heteroatoms. The summed E-state index contributed by atoms with van der Waals surface area (Å²) >= 11 is -0.181. The molecular weight excluding hydrogens is 307 g/mol. The van der Waals surface area contributed by atoms with Crippen LogP contribution >= 0.6 is 20.1 Å². The monoisotopic (exact) mass is 325 g/mol. The van der Waals surface area contributed by atoms with Gasteiger partial charge in [0.15, 0.2) is 0 Å². The summed E-state index contributed by atoms with van der Waals surface area (Å²) in [5.41, 5.74) is 7.34. The minimum atomic E-state index is -0.181. The maximum Gasteiger partial charge on any atom is 0.0487 e. The molecule has 2 rings (SSSR count). The van der Waals surface area contributed by atoms with E-state index < -0.39 is 0 Å². The van der Waals surface area contributed by atoms with E-state index in [0.29, 0.717) is 0 Å². The molecule has 0 saturated heterocycles. The van der Waals surface area contributed by atoms with Crippen LogP contribution in [0.25, 0.3) is 0 Å². The van der Waals surface area contributed by atoms with Gasteiger partial charge in [-0.1, -0.05) is 34.6 Å². The van der Waals surface area contributed by atoms with Gasteiger partial charge in [0.25, 0.3) is 0 Å². The Balaban J connectivity index is 0.000000301. The van der Waals surface area contributed by atoms with E-state index in [1.54, 1.807) is 12.4 Å². The second kappa shape index (κ2) is 9.58. The Hall–Kier alpha value is -0.328. The van der Waals surface area contributed by atoms with Crippen molar-refractivity contribution in [3.8, 4) is 0 Å². The van der Waals surface area contributed by atoms with Crippen LogP contribution in [0, 0.1) is 34.6 Å². The fourth-order valence-corrected chi connectivity index (χ4v) is 1.62. The molecule has 0 bridgehead atoms. The second-order valence-electron chi connectivity index (χ2n) is 3.95. The van der Waals surface area contributed by atoms with E-state index >= 15 is 0 Å². The first-order valence-corrected chi connectivity index (χ1v) is 9.00. The standard InChI is InChI=1S/C10H15.C3H4N2.2ClH.Cr/c1-6-7(2)9(4)10(5)8(6)3;1-2-4-5-3-1;;;/h1-5H3;1-3H,(H,4,5);2*1H;/q-1;;;;+2/p-2. The first-order valence-electron chi connectivity index (χ1n) is 5.50. The molecule has 0 spiro atoms. The number of halogens is 2. The van der Waals surface area contributed by atoms with Crippen LogP contribution < -0.4 is 0 Å². The summed E-state index contributed by atoms with van der Waals surface area (Å²) in [6.45, 7) is 11.0. The van der Waals surface area contributed by atoms with E-state index in [0.717, 1.165) is 0 Å². The molecule has 2 aromatic rings. The van der Waals surface area contributed by atoms with Crippen LogP contribution in [0.3, 0.4) is 0 Å². The predicted octanol–water partition coefficient (Wildman–Crippen LogP) is 4.73. The molecule has 0 unspecified atom stereocenters. The van der Waals surface area contributed by atoms with Crippen molar-refractivity contribution >= 4 is 20.1 Å². The molecule has 1 aromatic heterocycles. The third-order valence-electron chi connectivity index (χ3n) is 3.22. The van der Waals surface area contributed by atoms with E-state index in [-0.39, 0.29) is 13.4 Å². The summed E-state index contributed by atoms with van der Waals surface area (Å²) in [6.07, 6.45) is 3.46. The average Bonchev–Trinajstić information content (AvgIpc) is 2.98. The minimum Gasteiger partial charge on any atom is -0.286 e. The number of nitrogens with zero attached hydrogens (tertiary/aromatic N) is 1. The van der Waals surface area contributed by atoms with Gasteiger partial charge in [-0.2, -0.15) is 32.9 Å². The number of aromatic nitrogens is 2. The maximum absolute atomic E-state index is 4.83. The van der Waals surface area contributed by atoms with Crippen LogP contribution in [0.5, 0.6) is 0 Å². The predicted molar refractivity (Wildman–Crippen MR) is 76.0 cm³/mol. The molecule has 18 heavy (non-hydrogen) atoms. The van der Waals surface area contributed by atoms with Gasteiger partial charge in [0.2, 0.25) is 0 Å². The van der Waals surface area contributed by atoms with Crippen molar-refractivity contribution < 1.29 is 13.4 Å². The number of nitrogens with one attached hydrogen (secondary N) is 1. The fourth-order valence-electron chi connectivity index (χ4n) is 1.62. The first-order chi connectivity index (χ1) is 8.47. The van der Waals surface area contributed by atoms with Gasteiger partial charge in [0, 0.05) is 12.4 Å². The van der Waals surface area contributed by atoms with Gasteiger partial charge in [0.05, 0.1) is 0 Å². The molecule has 1 aromatic carbocycles. The van der Waals surface area contributed by atoms with E-state index in [1.165, 1.54) is 27.8 Å². The Morgan fingerprint density at radius 1 is 1.11 bits per heavy atom. The van der Waals surface area contributed by atoms with Gasteiger partial charge < -0.3 is 0 Å². The Kier molecular flexibility index (Phi) is 9.41. The number of rotatable bonds is 0. The largest absolute Gasteiger partial charge is 0.286 e. The molecule has 0 radical (unpaired) electrons. The molecular formula is C13H19Cl2CrN2-. The third-order valence-corrected chi connectivity index (χ3v) is 3.22. The van der Waals surface area contributed by atoms with E-state index in [9.17, 15) is 0 Å². The van der Waals surface area contributed by atoms with Crippen LogP contribution in [0.15, 0.2) is 18.5 Å². The Morgan fingerprint density at radius 3 is 1.67 bits per heavy atom. The quantitative estimate of drug-likeness (QED) is 0.697. The zero-order valence-corrected chi connectivity index (χ0v) is 14.1. The molecule has 0 atom stereocenters. The van der Waals surface area contributed by atoms with Crippen molar-refractivity contribution in [2.75, 3.05) is 0 Å². The number of aromatic amines is 1. The molecule has 1 N–H and O–H groups in total. The average molecular weight is 326 g/mol. The van der Waals surface area contributed by atoms with Crippen molar-refractivity contribution in [2.45, 2.75) is 34.6 Å². The van der Waals surface area contributed by atoms with Gasteiger partial charge in [-0.15, -0.1) is 0 Å². The van der Waals surface area contributed by atoms with Crippen LogP contribution in [0.2, 0.25) is 0 Å². The molecule has 0 saturated carbocycles. The topological polar surface area (TPSA) is 28.7 Å². The fraction of sp³-hybridized carbons (Fsp3) is 0.385. The van der Waals surface area contributed by atoms with Gasteiger partial charge in [-0.3, -0.25) is 5.10 Å². The Morgan fingerprint density at radius 2 is 1.56 bits per heavy atom. The molecule has 0 fully saturated rings. The maximum atomic E-state index is 4.83. The summed E-state index contributed by atoms with van der Waals surface area (Å²) in [5.74, 6) is 0. The van der Waals surface area contributed by atoms with Gasteiger partial charge >= 0.3 is 33.5 Å². The number of hydrogen-bond acceptors (Lipinski definition) is 1. The molecule has 0 amide bonds. The number of hydrogen-bond donors (Lipinski definition) is 1. The first kappa shape index (κ1) is 17.7. The molecule has 1 heterocycles. The Bertz CT molecular complexity index is 339. The number of H-pyrrole nitrogens is 1. The van der Waals surface area contributed by atoms with Crippen molar-refractivity contribution in [1.82, 2.24) is 10.2 Å². The molecule has 102 valence electrons. The summed E-state index contributed by atoms with van der Waals surface area (Å²) in [4.78, 5) is 0. The molecule has 2 nitrogen and oxygen atoms in total. The van der Waals surface area contributed by atoms with Crippen molar-refractivity contribution in [2.24, 2.45) is 0 Å². The van der Waals surface area contributed by atoms with Gasteiger partial charge in [0.1, 0.15) is 0 Å². The van der Waals surface area contributed by atoms with Crippen molar-refractivity contribution in [3.05, 3.63) is 46.3 Å². The molecule has 0 aliphatic heterocycles. The van der Waals surface area contributed by atoms with E-state index in [4.69, 9.17) is 20.1 Å². The van der Waals surface area contributed by atoms with Crippen molar-refractivity contribution in [1.29, 1.82) is 0 Å². The molecule has 0 aliphatic rings. The second-order valence-corrected chi connectivity index (χ2v) is 6.06. The van der Waals surface area contributed by atoms with Crippen LogP contribution in [-0.4, -0.2) is 10.2 Å². The summed E-state index contributed by atoms with van der Waals surface area (Å²) in [5, 5.41) is 6.21. The van der Waals surface area contributed by atoms with Crippen LogP contribution in [0.1, 0.15) is 27.8 Å². The summed E-state index contributed by atoms with van der Waals surface area (Å²) in [6, 6.07) is 1.83. The summed E-state index contributed by atoms with van der Waals surface area (Å²) in [7, 11) is 9.65. The van der Waals surface area contributed by atoms with Gasteiger partial charge in [-0.25, -0.2) is 0 Å². The smallest absolute Gasteiger partial charge is 0.0487 e. The SMILES string of the molecule is Cc1c(C)c(C)[c-](C)c1C.[Cl][Cr][Cl].c1cn[nH]c1. The zero-order chi connectivity index (χ0) is 14.1. The van der Waals surface area contributed by atoms with E-state index in [2.05, 4.69) is 44.8 Å². The molecule has 0 aliphatic carbocycles.